The van der Waals surface area contributed by atoms with Crippen molar-refractivity contribution in [2.45, 2.75) is 20.3 Å². The number of hydrogen-bond donors (Lipinski definition) is 0. The Morgan fingerprint density at radius 2 is 1.74 bits per heavy atom. The molecular formula is C32H31N2O+. The van der Waals surface area contributed by atoms with Gasteiger partial charge in [0.15, 0.2) is 11.9 Å². The summed E-state index contributed by atoms with van der Waals surface area (Å²) in [6.45, 7) is 5.23. The molecule has 5 rings (SSSR count). The van der Waals surface area contributed by atoms with E-state index in [-0.39, 0.29) is 0 Å². The number of benzene rings is 3. The van der Waals surface area contributed by atoms with Crippen molar-refractivity contribution in [2.75, 3.05) is 11.4 Å². The van der Waals surface area contributed by atoms with Crippen LogP contribution in [0.25, 0.3) is 28.1 Å². The lowest BCUT2D eigenvalue weighted by molar-refractivity contribution is -0.644. The number of anilines is 1. The topological polar surface area (TPSA) is 16.4 Å². The summed E-state index contributed by atoms with van der Waals surface area (Å²) in [5.74, 6) is 1.78. The number of fused-ring (bicyclic) bond motifs is 2. The van der Waals surface area contributed by atoms with E-state index < -0.39 is 0 Å². The molecule has 3 aromatic carbocycles. The number of nitrogens with zero attached hydrogens (tertiary/aromatic N) is 2. The number of para-hydroxylation sites is 1. The highest BCUT2D eigenvalue weighted by molar-refractivity contribution is 5.85. The molecule has 1 aliphatic rings. The number of allylic oxidation sites excluding steroid dienone is 4. The predicted molar refractivity (Wildman–Crippen MR) is 146 cm³/mol. The minimum Gasteiger partial charge on any atom is -0.439 e. The van der Waals surface area contributed by atoms with E-state index in [0.717, 1.165) is 35.9 Å². The normalized spacial score (nSPS) is 14.7. The molecule has 0 unspecified atom stereocenters. The van der Waals surface area contributed by atoms with E-state index in [1.165, 1.54) is 27.6 Å². The number of pyridine rings is 1. The summed E-state index contributed by atoms with van der Waals surface area (Å²) in [6.07, 6.45) is 11.7. The molecule has 0 fully saturated rings. The lowest BCUT2D eigenvalue weighted by atomic mass is 10.0. The Hall–Kier alpha value is -4.11. The van der Waals surface area contributed by atoms with Gasteiger partial charge in [0.2, 0.25) is 11.4 Å². The molecule has 0 bridgehead atoms. The molecule has 0 atom stereocenters. The third-order valence-electron chi connectivity index (χ3n) is 6.37. The van der Waals surface area contributed by atoms with Gasteiger partial charge in [-0.3, -0.25) is 0 Å². The Morgan fingerprint density at radius 1 is 0.943 bits per heavy atom. The fourth-order valence-corrected chi connectivity index (χ4v) is 4.50. The van der Waals surface area contributed by atoms with Crippen LogP contribution in [0.15, 0.2) is 115 Å². The molecule has 0 saturated heterocycles. The van der Waals surface area contributed by atoms with Gasteiger partial charge in [-0.1, -0.05) is 79.3 Å². The molecule has 174 valence electrons. The summed E-state index contributed by atoms with van der Waals surface area (Å²) in [6, 6.07) is 27.6. The zero-order valence-electron chi connectivity index (χ0n) is 20.6. The molecule has 0 aliphatic carbocycles. The van der Waals surface area contributed by atoms with Gasteiger partial charge >= 0.3 is 0 Å². The fraction of sp³-hybridized carbons (Fsp3) is 0.156. The first kappa shape index (κ1) is 22.7. The second kappa shape index (κ2) is 10.0. The van der Waals surface area contributed by atoms with Crippen molar-refractivity contribution in [1.82, 2.24) is 0 Å². The molecule has 2 heterocycles. The van der Waals surface area contributed by atoms with Gasteiger partial charge in [-0.15, -0.1) is 0 Å². The van der Waals surface area contributed by atoms with E-state index in [4.69, 9.17) is 4.74 Å². The number of rotatable bonds is 6. The molecule has 0 radical (unpaired) electrons. The molecule has 1 aromatic heterocycles. The third kappa shape index (κ3) is 4.76. The molecule has 1 aliphatic heterocycles. The molecule has 0 amide bonds. The summed E-state index contributed by atoms with van der Waals surface area (Å²) < 4.78 is 8.42. The molecule has 35 heavy (non-hydrogen) atoms. The predicted octanol–water partition coefficient (Wildman–Crippen LogP) is 7.44. The van der Waals surface area contributed by atoms with Gasteiger partial charge in [-0.25, -0.2) is 4.57 Å². The van der Waals surface area contributed by atoms with Gasteiger partial charge in [0.25, 0.3) is 0 Å². The van der Waals surface area contributed by atoms with E-state index >= 15 is 0 Å². The number of ether oxygens (including phenoxy) is 1. The summed E-state index contributed by atoms with van der Waals surface area (Å²) in [7, 11) is 2.08. The van der Waals surface area contributed by atoms with Crippen molar-refractivity contribution in [3.05, 3.63) is 120 Å². The minimum atomic E-state index is 0.872. The van der Waals surface area contributed by atoms with E-state index in [2.05, 4.69) is 134 Å². The van der Waals surface area contributed by atoms with Gasteiger partial charge < -0.3 is 9.64 Å². The molecule has 0 N–H and O–H groups in total. The van der Waals surface area contributed by atoms with Gasteiger partial charge in [-0.05, 0) is 54.3 Å². The molecular weight excluding hydrogens is 428 g/mol. The molecule has 3 nitrogen and oxygen atoms in total. The second-order valence-electron chi connectivity index (χ2n) is 8.95. The molecule has 4 aromatic rings. The summed E-state index contributed by atoms with van der Waals surface area (Å²) in [5.41, 5.74) is 7.14. The molecule has 0 saturated carbocycles. The van der Waals surface area contributed by atoms with Crippen LogP contribution in [-0.2, 0) is 7.05 Å². The van der Waals surface area contributed by atoms with Crippen LogP contribution in [0.5, 0.6) is 5.75 Å². The number of aromatic nitrogens is 1. The number of aryl methyl sites for hydroxylation is 1. The van der Waals surface area contributed by atoms with Crippen molar-refractivity contribution in [3.8, 4) is 16.9 Å². The first-order valence-electron chi connectivity index (χ1n) is 12.2. The smallest absolute Gasteiger partial charge is 0.212 e. The molecule has 0 spiro atoms. The highest BCUT2D eigenvalue weighted by atomic mass is 16.5. The molecule has 3 heteroatoms. The van der Waals surface area contributed by atoms with Gasteiger partial charge in [0.05, 0.1) is 11.1 Å². The maximum absolute atomic E-state index is 6.26. The van der Waals surface area contributed by atoms with Crippen LogP contribution >= 0.6 is 0 Å². The van der Waals surface area contributed by atoms with Crippen LogP contribution in [0.3, 0.4) is 0 Å². The number of hydrogen-bond acceptors (Lipinski definition) is 2. The van der Waals surface area contributed by atoms with Crippen LogP contribution in [0.2, 0.25) is 0 Å². The average Bonchev–Trinajstić information content (AvgIpc) is 3.24. The summed E-state index contributed by atoms with van der Waals surface area (Å²) >= 11 is 0. The average molecular weight is 460 g/mol. The lowest BCUT2D eigenvalue weighted by Gasteiger charge is -2.17. The van der Waals surface area contributed by atoms with Gasteiger partial charge in [0.1, 0.15) is 7.05 Å². The Balaban J connectivity index is 1.40. The van der Waals surface area contributed by atoms with Crippen molar-refractivity contribution in [1.29, 1.82) is 0 Å². The van der Waals surface area contributed by atoms with E-state index in [1.54, 1.807) is 0 Å². The van der Waals surface area contributed by atoms with E-state index in [0.29, 0.717) is 0 Å². The highest BCUT2D eigenvalue weighted by Gasteiger charge is 2.25. The van der Waals surface area contributed by atoms with Crippen LogP contribution in [0.1, 0.15) is 25.8 Å². The second-order valence-corrected chi connectivity index (χ2v) is 8.95. The maximum Gasteiger partial charge on any atom is 0.212 e. The zero-order valence-corrected chi connectivity index (χ0v) is 20.6. The zero-order chi connectivity index (χ0) is 24.2. The Labute approximate surface area is 207 Å². The summed E-state index contributed by atoms with van der Waals surface area (Å²) in [4.78, 5) is 2.28. The largest absolute Gasteiger partial charge is 0.439 e. The minimum absolute atomic E-state index is 0.872. The first-order chi connectivity index (χ1) is 17.1. The van der Waals surface area contributed by atoms with Crippen molar-refractivity contribution < 1.29 is 9.30 Å². The van der Waals surface area contributed by atoms with Crippen LogP contribution < -0.4 is 14.2 Å². The first-order valence-corrected chi connectivity index (χ1v) is 12.2. The van der Waals surface area contributed by atoms with Crippen LogP contribution in [0, 0.1) is 0 Å². The highest BCUT2D eigenvalue weighted by Crippen LogP contribution is 2.41. The summed E-state index contributed by atoms with van der Waals surface area (Å²) in [5, 5.41) is 1.25. The van der Waals surface area contributed by atoms with Crippen molar-refractivity contribution in [3.63, 3.8) is 0 Å². The van der Waals surface area contributed by atoms with Crippen molar-refractivity contribution in [2.24, 2.45) is 7.05 Å². The standard InChI is InChI=1S/C32H31N2O/c1-4-21-34-30-23-27(25-10-6-5-7-11-25)17-18-31(30)35-32(34)19-15-24(2)14-16-26-20-22-33(3)29-13-9-8-12-28(26)29/h5-20,22-23H,4,21H2,1-3H3/q+1. The fourth-order valence-electron chi connectivity index (χ4n) is 4.50. The third-order valence-corrected chi connectivity index (χ3v) is 6.37. The van der Waals surface area contributed by atoms with Crippen LogP contribution in [-0.4, -0.2) is 6.54 Å². The maximum atomic E-state index is 6.26. The van der Waals surface area contributed by atoms with E-state index in [9.17, 15) is 0 Å². The van der Waals surface area contributed by atoms with Crippen molar-refractivity contribution >= 4 is 22.7 Å². The quantitative estimate of drug-likeness (QED) is 0.220. The van der Waals surface area contributed by atoms with Crippen LogP contribution in [0.4, 0.5) is 5.69 Å². The van der Waals surface area contributed by atoms with E-state index in [1.807, 2.05) is 6.07 Å². The SMILES string of the molecule is CCCN1/C(=C/C=C(C)\C=C/c2cc[n+](C)c3ccccc23)Oc2ccc(-c3ccccc3)cc21. The van der Waals surface area contributed by atoms with Gasteiger partial charge in [0, 0.05) is 18.7 Å². The Kier molecular flexibility index (Phi) is 6.49. The Morgan fingerprint density at radius 3 is 2.57 bits per heavy atom. The monoisotopic (exact) mass is 459 g/mol. The van der Waals surface area contributed by atoms with Gasteiger partial charge in [-0.2, -0.15) is 0 Å². The Bertz CT molecular complexity index is 1450. The lowest BCUT2D eigenvalue weighted by Crippen LogP contribution is -2.28.